The van der Waals surface area contributed by atoms with Gasteiger partial charge in [0.05, 0.1) is 0 Å². The van der Waals surface area contributed by atoms with Crippen molar-refractivity contribution in [2.75, 3.05) is 6.26 Å². The van der Waals surface area contributed by atoms with E-state index >= 15 is 0 Å². The summed E-state index contributed by atoms with van der Waals surface area (Å²) < 4.78 is 13.1. The van der Waals surface area contributed by atoms with Crippen molar-refractivity contribution in [1.29, 1.82) is 0 Å². The van der Waals surface area contributed by atoms with Gasteiger partial charge in [0.25, 0.3) is 0 Å². The Balaban J connectivity index is 2.48. The monoisotopic (exact) mass is 232 g/mol. The van der Waals surface area contributed by atoms with E-state index in [0.717, 1.165) is 11.1 Å². The molecule has 0 spiro atoms. The Kier molecular flexibility index (Phi) is 3.30. The zero-order valence-electron chi connectivity index (χ0n) is 9.33. The Labute approximate surface area is 99.5 Å². The van der Waals surface area contributed by atoms with Gasteiger partial charge in [0, 0.05) is 4.90 Å². The van der Waals surface area contributed by atoms with Gasteiger partial charge in [-0.1, -0.05) is 18.2 Å². The first-order chi connectivity index (χ1) is 7.70. The number of thioether (sulfide) groups is 1. The van der Waals surface area contributed by atoms with Crippen LogP contribution in [0.25, 0.3) is 11.1 Å². The van der Waals surface area contributed by atoms with E-state index in [2.05, 4.69) is 31.4 Å². The number of hydrogen-bond acceptors (Lipinski definition) is 1. The number of halogens is 1. The Bertz CT molecular complexity index is 506. The zero-order chi connectivity index (χ0) is 11.5. The molecule has 0 aromatic heterocycles. The van der Waals surface area contributed by atoms with Crippen molar-refractivity contribution < 1.29 is 4.39 Å². The van der Waals surface area contributed by atoms with E-state index in [1.54, 1.807) is 23.9 Å². The summed E-state index contributed by atoms with van der Waals surface area (Å²) in [5.74, 6) is -0.189. The van der Waals surface area contributed by atoms with Crippen molar-refractivity contribution in [3.05, 3.63) is 53.8 Å². The molecule has 2 heteroatoms. The van der Waals surface area contributed by atoms with Crippen molar-refractivity contribution in [1.82, 2.24) is 0 Å². The molecule has 0 atom stereocenters. The first-order valence-corrected chi connectivity index (χ1v) is 6.34. The van der Waals surface area contributed by atoms with Crippen LogP contribution in [-0.2, 0) is 0 Å². The van der Waals surface area contributed by atoms with Gasteiger partial charge in [-0.3, -0.25) is 0 Å². The van der Waals surface area contributed by atoms with Crippen molar-refractivity contribution in [2.24, 2.45) is 0 Å². The molecule has 0 fully saturated rings. The van der Waals surface area contributed by atoms with Crippen LogP contribution >= 0.6 is 11.8 Å². The second kappa shape index (κ2) is 4.71. The molecule has 16 heavy (non-hydrogen) atoms. The molecule has 0 heterocycles. The quantitative estimate of drug-likeness (QED) is 0.686. The zero-order valence-corrected chi connectivity index (χ0v) is 10.1. The standard InChI is InChI=1S/C14H13FS/c1-10-8-13(16-2)6-7-14(10)11-4-3-5-12(15)9-11/h3-9H,1-2H3. The van der Waals surface area contributed by atoms with Gasteiger partial charge in [-0.05, 0) is 54.1 Å². The Morgan fingerprint density at radius 1 is 1.06 bits per heavy atom. The van der Waals surface area contributed by atoms with Gasteiger partial charge in [0.2, 0.25) is 0 Å². The van der Waals surface area contributed by atoms with Crippen molar-refractivity contribution in [2.45, 2.75) is 11.8 Å². The molecule has 0 aliphatic carbocycles. The predicted octanol–water partition coefficient (Wildman–Crippen LogP) is 4.52. The third-order valence-corrected chi connectivity index (χ3v) is 3.29. The van der Waals surface area contributed by atoms with Crippen LogP contribution in [0.4, 0.5) is 4.39 Å². The van der Waals surface area contributed by atoms with E-state index in [1.165, 1.54) is 16.5 Å². The molecule has 0 aliphatic rings. The van der Waals surface area contributed by atoms with Gasteiger partial charge in [-0.2, -0.15) is 0 Å². The fourth-order valence-electron chi connectivity index (χ4n) is 1.74. The summed E-state index contributed by atoms with van der Waals surface area (Å²) in [7, 11) is 0. The number of aryl methyl sites for hydroxylation is 1. The Morgan fingerprint density at radius 2 is 1.88 bits per heavy atom. The maximum absolute atomic E-state index is 13.1. The summed E-state index contributed by atoms with van der Waals surface area (Å²) in [5, 5.41) is 0. The molecule has 0 aliphatic heterocycles. The average molecular weight is 232 g/mol. The SMILES string of the molecule is CSc1ccc(-c2cccc(F)c2)c(C)c1. The lowest BCUT2D eigenvalue weighted by Crippen LogP contribution is -1.85. The van der Waals surface area contributed by atoms with Gasteiger partial charge >= 0.3 is 0 Å². The lowest BCUT2D eigenvalue weighted by Gasteiger charge is -2.07. The van der Waals surface area contributed by atoms with Gasteiger partial charge in [-0.25, -0.2) is 4.39 Å². The minimum atomic E-state index is -0.189. The van der Waals surface area contributed by atoms with E-state index < -0.39 is 0 Å². The van der Waals surface area contributed by atoms with Crippen LogP contribution in [0.5, 0.6) is 0 Å². The summed E-state index contributed by atoms with van der Waals surface area (Å²) in [6.45, 7) is 2.06. The highest BCUT2D eigenvalue weighted by molar-refractivity contribution is 7.98. The van der Waals surface area contributed by atoms with Crippen LogP contribution in [0.1, 0.15) is 5.56 Å². The fourth-order valence-corrected chi connectivity index (χ4v) is 2.24. The molecule has 0 N–H and O–H groups in total. The molecule has 82 valence electrons. The van der Waals surface area contributed by atoms with E-state index in [4.69, 9.17) is 0 Å². The first-order valence-electron chi connectivity index (χ1n) is 5.11. The molecule has 0 nitrogen and oxygen atoms in total. The fraction of sp³-hybridized carbons (Fsp3) is 0.143. The van der Waals surface area contributed by atoms with E-state index in [-0.39, 0.29) is 5.82 Å². The maximum Gasteiger partial charge on any atom is 0.123 e. The Morgan fingerprint density at radius 3 is 2.50 bits per heavy atom. The summed E-state index contributed by atoms with van der Waals surface area (Å²) in [5.41, 5.74) is 3.21. The van der Waals surface area contributed by atoms with E-state index in [0.29, 0.717) is 0 Å². The second-order valence-electron chi connectivity index (χ2n) is 3.69. The molecule has 0 saturated heterocycles. The molecule has 0 saturated carbocycles. The molecule has 0 radical (unpaired) electrons. The molecular weight excluding hydrogens is 219 g/mol. The van der Waals surface area contributed by atoms with E-state index in [9.17, 15) is 4.39 Å². The highest BCUT2D eigenvalue weighted by atomic mass is 32.2. The molecule has 2 aromatic rings. The van der Waals surface area contributed by atoms with Crippen molar-refractivity contribution in [3.63, 3.8) is 0 Å². The minimum absolute atomic E-state index is 0.189. The number of benzene rings is 2. The summed E-state index contributed by atoms with van der Waals surface area (Å²) >= 11 is 1.72. The van der Waals surface area contributed by atoms with Crippen LogP contribution in [0, 0.1) is 12.7 Å². The maximum atomic E-state index is 13.1. The van der Waals surface area contributed by atoms with Crippen LogP contribution in [-0.4, -0.2) is 6.26 Å². The van der Waals surface area contributed by atoms with Crippen LogP contribution in [0.2, 0.25) is 0 Å². The van der Waals surface area contributed by atoms with Crippen LogP contribution < -0.4 is 0 Å². The molecule has 2 aromatic carbocycles. The predicted molar refractivity (Wildman–Crippen MR) is 68.4 cm³/mol. The third kappa shape index (κ3) is 2.27. The summed E-state index contributed by atoms with van der Waals surface area (Å²) in [6, 6.07) is 13.0. The topological polar surface area (TPSA) is 0 Å². The van der Waals surface area contributed by atoms with E-state index in [1.807, 2.05) is 6.07 Å². The normalized spacial score (nSPS) is 10.4. The lowest BCUT2D eigenvalue weighted by atomic mass is 10.0. The van der Waals surface area contributed by atoms with Gasteiger partial charge in [0.15, 0.2) is 0 Å². The number of rotatable bonds is 2. The van der Waals surface area contributed by atoms with Gasteiger partial charge in [0.1, 0.15) is 5.82 Å². The van der Waals surface area contributed by atoms with Crippen LogP contribution in [0.3, 0.4) is 0 Å². The van der Waals surface area contributed by atoms with Crippen LogP contribution in [0.15, 0.2) is 47.4 Å². The number of hydrogen-bond donors (Lipinski definition) is 0. The Hall–Kier alpha value is -1.28. The van der Waals surface area contributed by atoms with Gasteiger partial charge < -0.3 is 0 Å². The van der Waals surface area contributed by atoms with Crippen molar-refractivity contribution in [3.8, 4) is 11.1 Å². The smallest absolute Gasteiger partial charge is 0.123 e. The summed E-state index contributed by atoms with van der Waals surface area (Å²) in [4.78, 5) is 1.23. The molecule has 0 amide bonds. The second-order valence-corrected chi connectivity index (χ2v) is 4.57. The lowest BCUT2D eigenvalue weighted by molar-refractivity contribution is 0.628. The molecular formula is C14H13FS. The molecule has 0 unspecified atom stereocenters. The minimum Gasteiger partial charge on any atom is -0.207 e. The van der Waals surface area contributed by atoms with Gasteiger partial charge in [-0.15, -0.1) is 11.8 Å². The highest BCUT2D eigenvalue weighted by Gasteiger charge is 2.03. The molecule has 2 rings (SSSR count). The average Bonchev–Trinajstić information content (AvgIpc) is 2.28. The largest absolute Gasteiger partial charge is 0.207 e. The third-order valence-electron chi connectivity index (χ3n) is 2.57. The highest BCUT2D eigenvalue weighted by Crippen LogP contribution is 2.27. The summed E-state index contributed by atoms with van der Waals surface area (Å²) in [6.07, 6.45) is 2.05. The molecule has 0 bridgehead atoms. The van der Waals surface area contributed by atoms with Crippen molar-refractivity contribution >= 4 is 11.8 Å². The first kappa shape index (κ1) is 11.2.